The van der Waals surface area contributed by atoms with Crippen molar-refractivity contribution in [1.29, 1.82) is 0 Å². The van der Waals surface area contributed by atoms with E-state index < -0.39 is 41.8 Å². The van der Waals surface area contributed by atoms with Crippen LogP contribution in [0.4, 0.5) is 18.3 Å². The van der Waals surface area contributed by atoms with Crippen LogP contribution in [0.25, 0.3) is 0 Å². The van der Waals surface area contributed by atoms with Gasteiger partial charge in [0.15, 0.2) is 5.76 Å². The van der Waals surface area contributed by atoms with Gasteiger partial charge >= 0.3 is 12.1 Å². The minimum atomic E-state index is -5.35. The van der Waals surface area contributed by atoms with Crippen molar-refractivity contribution >= 4 is 34.3 Å². The lowest BCUT2D eigenvalue weighted by Gasteiger charge is -2.35. The lowest BCUT2D eigenvalue weighted by Crippen LogP contribution is -2.45. The molecule has 0 unspecified atom stereocenters. The van der Waals surface area contributed by atoms with Crippen LogP contribution in [-0.4, -0.2) is 46.2 Å². The van der Waals surface area contributed by atoms with Crippen LogP contribution in [0.2, 0.25) is 0 Å². The number of aromatic nitrogens is 2. The number of carbonyl (C=O) groups is 3. The van der Waals surface area contributed by atoms with Gasteiger partial charge in [-0.05, 0) is 43.7 Å². The van der Waals surface area contributed by atoms with E-state index in [9.17, 15) is 27.6 Å². The molecule has 2 aromatic rings. The molecule has 3 rings (SSSR count). The van der Waals surface area contributed by atoms with E-state index in [1.54, 1.807) is 6.92 Å². The summed E-state index contributed by atoms with van der Waals surface area (Å²) in [5, 5.41) is 13.7. The van der Waals surface area contributed by atoms with Crippen molar-refractivity contribution in [3.63, 3.8) is 0 Å². The third-order valence-electron chi connectivity index (χ3n) is 6.32. The predicted molar refractivity (Wildman–Crippen MR) is 135 cm³/mol. The number of halogens is 3. The average molecular weight is 554 g/mol. The molecule has 1 aromatic carbocycles. The first-order valence-electron chi connectivity index (χ1n) is 12.2. The zero-order valence-corrected chi connectivity index (χ0v) is 21.8. The number of anilines is 1. The predicted octanol–water partition coefficient (Wildman–Crippen LogP) is 3.76. The molecule has 2 atom stereocenters. The minimum absolute atomic E-state index is 0.0463. The maximum atomic E-state index is 13.0. The number of amides is 2. The Balaban J connectivity index is 1.86. The van der Waals surface area contributed by atoms with E-state index in [1.807, 2.05) is 37.3 Å². The number of nitrogens with one attached hydrogen (secondary N) is 2. The van der Waals surface area contributed by atoms with Gasteiger partial charge < -0.3 is 15.8 Å². The highest BCUT2D eigenvalue weighted by molar-refractivity contribution is 7.15. The fourth-order valence-electron chi connectivity index (χ4n) is 3.73. The Kier molecular flexibility index (Phi) is 9.60. The number of hydrogen-bond donors (Lipinski definition) is 3. The van der Waals surface area contributed by atoms with Gasteiger partial charge in [0.05, 0.1) is 12.1 Å². The first-order chi connectivity index (χ1) is 17.9. The van der Waals surface area contributed by atoms with Crippen molar-refractivity contribution in [2.75, 3.05) is 5.32 Å². The smallest absolute Gasteiger partial charge is 0.414 e. The number of ether oxygens (including phenoxy) is 1. The Labute approximate surface area is 222 Å². The first kappa shape index (κ1) is 29.2. The van der Waals surface area contributed by atoms with Crippen LogP contribution in [-0.2, 0) is 31.0 Å². The second-order valence-corrected chi connectivity index (χ2v) is 10.3. The highest BCUT2D eigenvalue weighted by Crippen LogP contribution is 2.44. The molecular formula is C25H30F3N5O4S. The van der Waals surface area contributed by atoms with E-state index in [1.165, 1.54) is 0 Å². The van der Waals surface area contributed by atoms with Crippen LogP contribution < -0.4 is 16.4 Å². The SMILES string of the molecule is CC[C@H](N)C(=O)N[C@H](/C=C(/OC(=O)C(F)(F)F)C(=O)Nc1nnc(C2(C)CCC2)s1)CCc1ccccc1. The van der Waals surface area contributed by atoms with Crippen molar-refractivity contribution in [2.45, 2.75) is 76.0 Å². The van der Waals surface area contributed by atoms with Crippen molar-refractivity contribution in [3.05, 3.63) is 52.7 Å². The Morgan fingerprint density at radius 2 is 1.89 bits per heavy atom. The van der Waals surface area contributed by atoms with E-state index in [2.05, 4.69) is 25.6 Å². The number of nitrogens with zero attached hydrogens (tertiary/aromatic N) is 2. The fourth-order valence-corrected chi connectivity index (χ4v) is 4.67. The maximum absolute atomic E-state index is 13.0. The van der Waals surface area contributed by atoms with Gasteiger partial charge in [0.1, 0.15) is 5.01 Å². The summed E-state index contributed by atoms with van der Waals surface area (Å²) in [6.07, 6.45) is -0.596. The molecule has 9 nitrogen and oxygen atoms in total. The molecule has 0 spiro atoms. The molecule has 1 aliphatic rings. The average Bonchev–Trinajstić information content (AvgIpc) is 3.33. The molecule has 206 valence electrons. The molecule has 0 radical (unpaired) electrons. The Hall–Kier alpha value is -3.32. The lowest BCUT2D eigenvalue weighted by molar-refractivity contribution is -0.195. The van der Waals surface area contributed by atoms with Crippen molar-refractivity contribution < 1.29 is 32.3 Å². The van der Waals surface area contributed by atoms with Crippen LogP contribution in [0, 0.1) is 0 Å². The fraction of sp³-hybridized carbons (Fsp3) is 0.480. The van der Waals surface area contributed by atoms with E-state index in [4.69, 9.17) is 5.73 Å². The molecule has 2 amide bonds. The molecule has 13 heteroatoms. The monoisotopic (exact) mass is 553 g/mol. The van der Waals surface area contributed by atoms with Crippen molar-refractivity contribution in [2.24, 2.45) is 5.73 Å². The Bertz CT molecular complexity index is 1170. The number of alkyl halides is 3. The number of hydrogen-bond acceptors (Lipinski definition) is 8. The Morgan fingerprint density at radius 1 is 1.21 bits per heavy atom. The van der Waals surface area contributed by atoms with Gasteiger partial charge in [-0.2, -0.15) is 13.2 Å². The standard InChI is InChI=1S/C25H30F3N5O4S/c1-3-17(29)19(34)30-16(11-10-15-8-5-4-6-9-15)14-18(37-22(36)25(26,27)28)20(35)31-23-33-32-21(38-23)24(2)12-7-13-24/h4-6,8-9,14,16-17H,3,7,10-13,29H2,1-2H3,(H,30,34)(H,31,33,35)/b18-14+/t16-,17-/m0/s1. The van der Waals surface area contributed by atoms with Crippen LogP contribution in [0.5, 0.6) is 0 Å². The van der Waals surface area contributed by atoms with Gasteiger partial charge in [-0.15, -0.1) is 10.2 Å². The molecule has 1 fully saturated rings. The number of esters is 1. The van der Waals surface area contributed by atoms with Gasteiger partial charge in [0, 0.05) is 5.41 Å². The summed E-state index contributed by atoms with van der Waals surface area (Å²) in [5.74, 6) is -5.20. The molecule has 4 N–H and O–H groups in total. The van der Waals surface area contributed by atoms with Gasteiger partial charge in [-0.1, -0.05) is 61.9 Å². The zero-order valence-electron chi connectivity index (χ0n) is 21.0. The number of carbonyl (C=O) groups excluding carboxylic acids is 3. The summed E-state index contributed by atoms with van der Waals surface area (Å²) >= 11 is 1.10. The van der Waals surface area contributed by atoms with Crippen LogP contribution in [0.1, 0.15) is 56.5 Å². The minimum Gasteiger partial charge on any atom is -0.414 e. The summed E-state index contributed by atoms with van der Waals surface area (Å²) < 4.78 is 43.5. The molecule has 1 aliphatic carbocycles. The topological polar surface area (TPSA) is 136 Å². The summed E-state index contributed by atoms with van der Waals surface area (Å²) in [5.41, 5.74) is 6.53. The third-order valence-corrected chi connectivity index (χ3v) is 7.47. The highest BCUT2D eigenvalue weighted by atomic mass is 32.1. The summed E-state index contributed by atoms with van der Waals surface area (Å²) in [6.45, 7) is 3.71. The third kappa shape index (κ3) is 7.84. The summed E-state index contributed by atoms with van der Waals surface area (Å²) in [7, 11) is 0. The molecule has 38 heavy (non-hydrogen) atoms. The highest BCUT2D eigenvalue weighted by Gasteiger charge is 2.43. The molecule has 0 bridgehead atoms. The molecular weight excluding hydrogens is 523 g/mol. The number of nitrogens with two attached hydrogens (primary N) is 1. The normalized spacial score (nSPS) is 16.6. The molecule has 0 saturated heterocycles. The van der Waals surface area contributed by atoms with E-state index in [-0.39, 0.29) is 17.0 Å². The second kappa shape index (κ2) is 12.5. The van der Waals surface area contributed by atoms with Crippen LogP contribution >= 0.6 is 11.3 Å². The molecule has 1 aromatic heterocycles. The van der Waals surface area contributed by atoms with Gasteiger partial charge in [0.25, 0.3) is 5.91 Å². The molecule has 1 heterocycles. The van der Waals surface area contributed by atoms with E-state index in [0.29, 0.717) is 17.8 Å². The number of rotatable bonds is 11. The zero-order chi connectivity index (χ0) is 27.9. The quantitative estimate of drug-likeness (QED) is 0.219. The van der Waals surface area contributed by atoms with Gasteiger partial charge in [0.2, 0.25) is 11.0 Å². The largest absolute Gasteiger partial charge is 0.491 e. The van der Waals surface area contributed by atoms with Crippen molar-refractivity contribution in [1.82, 2.24) is 15.5 Å². The Morgan fingerprint density at radius 3 is 2.47 bits per heavy atom. The van der Waals surface area contributed by atoms with E-state index in [0.717, 1.165) is 42.2 Å². The molecule has 0 aliphatic heterocycles. The summed E-state index contributed by atoms with van der Waals surface area (Å²) in [6, 6.07) is 7.30. The lowest BCUT2D eigenvalue weighted by atomic mass is 9.71. The number of benzene rings is 1. The second-order valence-electron chi connectivity index (χ2n) is 9.35. The van der Waals surface area contributed by atoms with Gasteiger partial charge in [-0.3, -0.25) is 14.9 Å². The molecule has 1 saturated carbocycles. The van der Waals surface area contributed by atoms with E-state index >= 15 is 0 Å². The maximum Gasteiger partial charge on any atom is 0.491 e. The first-order valence-corrected chi connectivity index (χ1v) is 13.0. The van der Waals surface area contributed by atoms with Crippen LogP contribution in [0.15, 0.2) is 42.2 Å². The van der Waals surface area contributed by atoms with Gasteiger partial charge in [-0.25, -0.2) is 4.79 Å². The van der Waals surface area contributed by atoms with Crippen molar-refractivity contribution in [3.8, 4) is 0 Å². The summed E-state index contributed by atoms with van der Waals surface area (Å²) in [4.78, 5) is 37.1. The van der Waals surface area contributed by atoms with Crippen LogP contribution in [0.3, 0.4) is 0 Å². The number of aryl methyl sites for hydroxylation is 1.